The summed E-state index contributed by atoms with van der Waals surface area (Å²) in [4.78, 5) is 20.2. The summed E-state index contributed by atoms with van der Waals surface area (Å²) in [5, 5.41) is 8.05. The Kier molecular flexibility index (Phi) is 6.36. The van der Waals surface area contributed by atoms with Crippen LogP contribution in [0.5, 0.6) is 0 Å². The largest absolute Gasteiger partial charge is 0.461 e. The molecule has 0 amide bonds. The van der Waals surface area contributed by atoms with E-state index in [4.69, 9.17) is 9.72 Å². The summed E-state index contributed by atoms with van der Waals surface area (Å²) in [6.07, 6.45) is 0. The topological polar surface area (TPSA) is 71.1 Å². The normalized spacial score (nSPS) is 11.1. The average Bonchev–Trinajstić information content (AvgIpc) is 3.34. The number of esters is 1. The summed E-state index contributed by atoms with van der Waals surface area (Å²) in [6, 6.07) is 11.9. The average molecular weight is 385 g/mol. The van der Waals surface area contributed by atoms with E-state index in [1.807, 2.05) is 18.2 Å². The zero-order chi connectivity index (χ0) is 19.2. The van der Waals surface area contributed by atoms with Crippen molar-refractivity contribution in [3.8, 4) is 21.1 Å². The minimum atomic E-state index is -0.418. The van der Waals surface area contributed by atoms with Crippen LogP contribution in [-0.4, -0.2) is 45.7 Å². The number of carbonyl (C=O) groups excluding carboxylic acids is 1. The third-order valence-corrected chi connectivity index (χ3v) is 5.47. The zero-order valence-corrected chi connectivity index (χ0v) is 16.7. The summed E-state index contributed by atoms with van der Waals surface area (Å²) < 4.78 is 5.04. The molecule has 1 aromatic carbocycles. The number of hydrogen-bond donors (Lipinski definition) is 1. The van der Waals surface area contributed by atoms with E-state index in [9.17, 15) is 4.79 Å². The molecule has 0 atom stereocenters. The minimum Gasteiger partial charge on any atom is -0.461 e. The highest BCUT2D eigenvalue weighted by atomic mass is 32.1. The molecule has 0 radical (unpaired) electrons. The first kappa shape index (κ1) is 19.3. The van der Waals surface area contributed by atoms with Gasteiger partial charge in [-0.05, 0) is 26.1 Å². The second-order valence-electron chi connectivity index (χ2n) is 6.01. The Balaban J connectivity index is 1.99. The molecule has 142 valence electrons. The van der Waals surface area contributed by atoms with Gasteiger partial charge in [-0.15, -0.1) is 11.3 Å². The maximum absolute atomic E-state index is 11.9. The van der Waals surface area contributed by atoms with E-state index in [1.54, 1.807) is 24.3 Å². The zero-order valence-electron chi connectivity index (χ0n) is 15.9. The molecule has 0 saturated heterocycles. The van der Waals surface area contributed by atoms with Crippen LogP contribution in [0.1, 0.15) is 37.0 Å². The number of aromatic amines is 1. The van der Waals surface area contributed by atoms with Gasteiger partial charge in [0.1, 0.15) is 5.01 Å². The number of H-pyrrole nitrogens is 1. The van der Waals surface area contributed by atoms with E-state index in [-0.39, 0.29) is 5.69 Å². The number of ether oxygens (including phenoxy) is 1. The SMILES string of the molecule is CCOC(=O)c1cc(-c2sc(-c3ccccc3)nc2CN(CC)CC)[nH]n1. The number of carbonyl (C=O) groups is 1. The van der Waals surface area contributed by atoms with Gasteiger partial charge in [0.15, 0.2) is 5.69 Å². The first-order chi connectivity index (χ1) is 13.2. The Bertz CT molecular complexity index is 885. The Morgan fingerprint density at radius 3 is 2.59 bits per heavy atom. The van der Waals surface area contributed by atoms with Gasteiger partial charge in [-0.25, -0.2) is 9.78 Å². The van der Waals surface area contributed by atoms with Crippen molar-refractivity contribution < 1.29 is 9.53 Å². The lowest BCUT2D eigenvalue weighted by molar-refractivity contribution is 0.0519. The van der Waals surface area contributed by atoms with Gasteiger partial charge in [-0.2, -0.15) is 5.10 Å². The molecule has 0 unspecified atom stereocenters. The molecule has 0 aliphatic heterocycles. The quantitative estimate of drug-likeness (QED) is 0.589. The summed E-state index contributed by atoms with van der Waals surface area (Å²) in [5.41, 5.74) is 3.15. The Morgan fingerprint density at radius 2 is 1.93 bits per heavy atom. The monoisotopic (exact) mass is 384 g/mol. The van der Waals surface area contributed by atoms with Crippen LogP contribution in [0.4, 0.5) is 0 Å². The molecule has 6 nitrogen and oxygen atoms in total. The number of thiazole rings is 1. The molecule has 0 spiro atoms. The van der Waals surface area contributed by atoms with Crippen LogP contribution in [0.15, 0.2) is 36.4 Å². The van der Waals surface area contributed by atoms with Crippen LogP contribution < -0.4 is 0 Å². The molecule has 0 aliphatic carbocycles. The lowest BCUT2D eigenvalue weighted by atomic mass is 10.2. The van der Waals surface area contributed by atoms with Gasteiger partial charge in [-0.1, -0.05) is 44.2 Å². The standard InChI is InChI=1S/C20H24N4O2S/c1-4-24(5-2)13-17-18(15-12-16(23-22-15)20(25)26-6-3)27-19(21-17)14-10-8-7-9-11-14/h7-12H,4-6,13H2,1-3H3,(H,22,23). The number of nitrogens with zero attached hydrogens (tertiary/aromatic N) is 3. The summed E-state index contributed by atoms with van der Waals surface area (Å²) in [5.74, 6) is -0.418. The first-order valence-electron chi connectivity index (χ1n) is 9.16. The van der Waals surface area contributed by atoms with Gasteiger partial charge < -0.3 is 4.74 Å². The van der Waals surface area contributed by atoms with E-state index < -0.39 is 5.97 Å². The third-order valence-electron chi connectivity index (χ3n) is 4.29. The smallest absolute Gasteiger partial charge is 0.358 e. The molecule has 0 bridgehead atoms. The van der Waals surface area contributed by atoms with Gasteiger partial charge in [0.25, 0.3) is 0 Å². The van der Waals surface area contributed by atoms with Crippen LogP contribution in [-0.2, 0) is 11.3 Å². The van der Waals surface area contributed by atoms with Crippen LogP contribution in [0.25, 0.3) is 21.1 Å². The second kappa shape index (κ2) is 8.92. The predicted molar refractivity (Wildman–Crippen MR) is 108 cm³/mol. The molecule has 0 saturated carbocycles. The molecule has 3 rings (SSSR count). The number of benzene rings is 1. The van der Waals surface area contributed by atoms with Crippen molar-refractivity contribution in [3.05, 3.63) is 47.8 Å². The van der Waals surface area contributed by atoms with Crippen LogP contribution in [0.2, 0.25) is 0 Å². The van der Waals surface area contributed by atoms with Gasteiger partial charge in [0.05, 0.1) is 22.9 Å². The van der Waals surface area contributed by atoms with Crippen molar-refractivity contribution in [3.63, 3.8) is 0 Å². The van der Waals surface area contributed by atoms with E-state index in [0.717, 1.165) is 46.5 Å². The fraction of sp³-hybridized carbons (Fsp3) is 0.350. The van der Waals surface area contributed by atoms with E-state index in [0.29, 0.717) is 6.61 Å². The van der Waals surface area contributed by atoms with Crippen LogP contribution >= 0.6 is 11.3 Å². The highest BCUT2D eigenvalue weighted by Gasteiger charge is 2.20. The van der Waals surface area contributed by atoms with Crippen molar-refractivity contribution in [2.45, 2.75) is 27.3 Å². The number of hydrogen-bond acceptors (Lipinski definition) is 6. The molecule has 7 heteroatoms. The molecule has 2 aromatic heterocycles. The minimum absolute atomic E-state index is 0.287. The molecule has 1 N–H and O–H groups in total. The van der Waals surface area contributed by atoms with Crippen molar-refractivity contribution in [1.29, 1.82) is 0 Å². The van der Waals surface area contributed by atoms with Crippen molar-refractivity contribution in [2.24, 2.45) is 0 Å². The molecule has 3 aromatic rings. The molecule has 27 heavy (non-hydrogen) atoms. The number of rotatable bonds is 8. The maximum Gasteiger partial charge on any atom is 0.358 e. The van der Waals surface area contributed by atoms with Crippen LogP contribution in [0, 0.1) is 0 Å². The molecule has 0 aliphatic rings. The van der Waals surface area contributed by atoms with Crippen LogP contribution in [0.3, 0.4) is 0 Å². The number of aromatic nitrogens is 3. The lowest BCUT2D eigenvalue weighted by Crippen LogP contribution is -2.22. The van der Waals surface area contributed by atoms with E-state index >= 15 is 0 Å². The summed E-state index contributed by atoms with van der Waals surface area (Å²) in [6.45, 7) is 9.04. The predicted octanol–water partition coefficient (Wildman–Crippen LogP) is 4.22. The first-order valence-corrected chi connectivity index (χ1v) is 9.98. The van der Waals surface area contributed by atoms with Gasteiger partial charge >= 0.3 is 5.97 Å². The molecule has 2 heterocycles. The fourth-order valence-corrected chi connectivity index (χ4v) is 3.83. The molecular formula is C20H24N4O2S. The van der Waals surface area contributed by atoms with Crippen molar-refractivity contribution >= 4 is 17.3 Å². The van der Waals surface area contributed by atoms with E-state index in [1.165, 1.54) is 0 Å². The summed E-state index contributed by atoms with van der Waals surface area (Å²) >= 11 is 1.61. The van der Waals surface area contributed by atoms with Crippen molar-refractivity contribution in [2.75, 3.05) is 19.7 Å². The maximum atomic E-state index is 11.9. The third kappa shape index (κ3) is 4.43. The molecular weight excluding hydrogens is 360 g/mol. The van der Waals surface area contributed by atoms with Crippen molar-refractivity contribution in [1.82, 2.24) is 20.1 Å². The Hall–Kier alpha value is -2.51. The Labute approximate surface area is 163 Å². The highest BCUT2D eigenvalue weighted by Crippen LogP contribution is 2.35. The lowest BCUT2D eigenvalue weighted by Gasteiger charge is -2.17. The Morgan fingerprint density at radius 1 is 1.19 bits per heavy atom. The number of nitrogens with one attached hydrogen (secondary N) is 1. The summed E-state index contributed by atoms with van der Waals surface area (Å²) in [7, 11) is 0. The second-order valence-corrected chi connectivity index (χ2v) is 7.01. The molecule has 0 fully saturated rings. The van der Waals surface area contributed by atoms with Gasteiger partial charge in [0, 0.05) is 12.1 Å². The van der Waals surface area contributed by atoms with Gasteiger partial charge in [0.2, 0.25) is 0 Å². The highest BCUT2D eigenvalue weighted by molar-refractivity contribution is 7.18. The fourth-order valence-electron chi connectivity index (χ4n) is 2.78. The van der Waals surface area contributed by atoms with Gasteiger partial charge in [-0.3, -0.25) is 10.00 Å². The van der Waals surface area contributed by atoms with E-state index in [2.05, 4.69) is 41.1 Å².